The summed E-state index contributed by atoms with van der Waals surface area (Å²) in [5.74, 6) is 1.14. The minimum absolute atomic E-state index is 0.182. The van der Waals surface area contributed by atoms with Crippen molar-refractivity contribution in [2.75, 3.05) is 18.9 Å². The second-order valence-corrected chi connectivity index (χ2v) is 4.86. The van der Waals surface area contributed by atoms with Crippen LogP contribution in [0.3, 0.4) is 0 Å². The van der Waals surface area contributed by atoms with Gasteiger partial charge in [0.05, 0.1) is 6.61 Å². The summed E-state index contributed by atoms with van der Waals surface area (Å²) in [6.45, 7) is 6.03. The van der Waals surface area contributed by atoms with E-state index >= 15 is 0 Å². The highest BCUT2D eigenvalue weighted by atomic mass is 32.2. The van der Waals surface area contributed by atoms with Crippen molar-refractivity contribution in [3.05, 3.63) is 0 Å². The molecule has 76 valence electrons. The molecule has 0 aromatic heterocycles. The summed E-state index contributed by atoms with van der Waals surface area (Å²) in [5.41, 5.74) is 0. The van der Waals surface area contributed by atoms with Crippen molar-refractivity contribution < 1.29 is 4.74 Å². The van der Waals surface area contributed by atoms with Crippen molar-refractivity contribution in [2.45, 2.75) is 32.9 Å². The van der Waals surface area contributed by atoms with E-state index in [1.54, 1.807) is 11.8 Å². The maximum Gasteiger partial charge on any atom is 0.138 e. The molecule has 0 saturated carbocycles. The van der Waals surface area contributed by atoms with E-state index < -0.39 is 0 Å². The van der Waals surface area contributed by atoms with E-state index in [9.17, 15) is 0 Å². The van der Waals surface area contributed by atoms with Crippen LogP contribution in [0, 0.1) is 0 Å². The number of hydrogen-bond acceptors (Lipinski definition) is 3. The fourth-order valence-electron chi connectivity index (χ4n) is 1.22. The Balaban J connectivity index is 2.22. The number of hydrogen-bond donors (Lipinski definition) is 0. The molecule has 0 unspecified atom stereocenters. The predicted molar refractivity (Wildman–Crippen MR) is 62.1 cm³/mol. The molecule has 0 aromatic carbocycles. The molecule has 0 amide bonds. The van der Waals surface area contributed by atoms with Gasteiger partial charge in [-0.1, -0.05) is 37.3 Å². The lowest BCUT2D eigenvalue weighted by Gasteiger charge is -2.21. The lowest BCUT2D eigenvalue weighted by atomic mass is 10.4. The van der Waals surface area contributed by atoms with Gasteiger partial charge in [-0.3, -0.25) is 0 Å². The summed E-state index contributed by atoms with van der Waals surface area (Å²) in [5, 5.41) is 0. The Morgan fingerprint density at radius 3 is 3.00 bits per heavy atom. The molecule has 0 radical (unpaired) electrons. The summed E-state index contributed by atoms with van der Waals surface area (Å²) in [7, 11) is 0. The van der Waals surface area contributed by atoms with Gasteiger partial charge in [0.25, 0.3) is 0 Å². The highest BCUT2D eigenvalue weighted by Crippen LogP contribution is 2.18. The fraction of sp³-hybridized carbons (Fsp3) is 0.889. The molecule has 0 aromatic rings. The van der Waals surface area contributed by atoms with E-state index in [-0.39, 0.29) is 6.23 Å². The van der Waals surface area contributed by atoms with Crippen molar-refractivity contribution in [3.8, 4) is 0 Å². The molecule has 1 heterocycles. The standard InChI is InChI=1S/C9H17NOS2/c1-3-4-7-13-9(12)10-5-6-11-8(10)2/h8H,3-7H2,1-2H3/t8-/m0/s1. The maximum absolute atomic E-state index is 5.42. The Morgan fingerprint density at radius 1 is 1.69 bits per heavy atom. The molecule has 0 bridgehead atoms. The van der Waals surface area contributed by atoms with Crippen molar-refractivity contribution in [3.63, 3.8) is 0 Å². The predicted octanol–water partition coefficient (Wildman–Crippen LogP) is 2.48. The van der Waals surface area contributed by atoms with Crippen molar-refractivity contribution in [2.24, 2.45) is 0 Å². The third kappa shape index (κ3) is 3.44. The largest absolute Gasteiger partial charge is 0.357 e. The van der Waals surface area contributed by atoms with Gasteiger partial charge in [0.1, 0.15) is 10.5 Å². The minimum Gasteiger partial charge on any atom is -0.357 e. The summed E-state index contributed by atoms with van der Waals surface area (Å²) >= 11 is 7.09. The van der Waals surface area contributed by atoms with Crippen LogP contribution in [0.1, 0.15) is 26.7 Å². The molecule has 13 heavy (non-hydrogen) atoms. The lowest BCUT2D eigenvalue weighted by Crippen LogP contribution is -2.31. The normalized spacial score (nSPS) is 22.3. The molecule has 0 aliphatic carbocycles. The van der Waals surface area contributed by atoms with Gasteiger partial charge in [0.15, 0.2) is 0 Å². The van der Waals surface area contributed by atoms with E-state index in [1.807, 2.05) is 0 Å². The van der Waals surface area contributed by atoms with E-state index in [4.69, 9.17) is 17.0 Å². The monoisotopic (exact) mass is 219 g/mol. The summed E-state index contributed by atoms with van der Waals surface area (Å²) < 4.78 is 6.42. The molecule has 1 aliphatic heterocycles. The third-order valence-electron chi connectivity index (χ3n) is 2.09. The van der Waals surface area contributed by atoms with E-state index in [0.29, 0.717) is 0 Å². The highest BCUT2D eigenvalue weighted by Gasteiger charge is 2.22. The molecule has 0 spiro atoms. The van der Waals surface area contributed by atoms with E-state index in [2.05, 4.69) is 18.7 Å². The van der Waals surface area contributed by atoms with Gasteiger partial charge in [0.2, 0.25) is 0 Å². The van der Waals surface area contributed by atoms with Gasteiger partial charge < -0.3 is 9.64 Å². The summed E-state index contributed by atoms with van der Waals surface area (Å²) in [4.78, 5) is 2.16. The molecular weight excluding hydrogens is 202 g/mol. The summed E-state index contributed by atoms with van der Waals surface area (Å²) in [6.07, 6.45) is 2.66. The number of thiocarbonyl (C=S) groups is 1. The molecule has 1 saturated heterocycles. The van der Waals surface area contributed by atoms with Gasteiger partial charge in [-0.2, -0.15) is 0 Å². The minimum atomic E-state index is 0.182. The Hall–Kier alpha value is 0.200. The summed E-state index contributed by atoms with van der Waals surface area (Å²) in [6, 6.07) is 0. The van der Waals surface area contributed by atoms with Gasteiger partial charge in [-0.25, -0.2) is 0 Å². The first-order valence-electron chi connectivity index (χ1n) is 4.80. The smallest absolute Gasteiger partial charge is 0.138 e. The Labute approximate surface area is 90.0 Å². The SMILES string of the molecule is CCCCSC(=S)N1CCO[C@H]1C. The first kappa shape index (κ1) is 11.3. The zero-order chi connectivity index (χ0) is 9.68. The van der Waals surface area contributed by atoms with Crippen LogP contribution in [0.15, 0.2) is 0 Å². The van der Waals surface area contributed by atoms with Gasteiger partial charge >= 0.3 is 0 Å². The van der Waals surface area contributed by atoms with E-state index in [0.717, 1.165) is 23.2 Å². The first-order valence-corrected chi connectivity index (χ1v) is 6.20. The van der Waals surface area contributed by atoms with Crippen LogP contribution in [0.4, 0.5) is 0 Å². The number of thioether (sulfide) groups is 1. The van der Waals surface area contributed by atoms with Gasteiger partial charge in [-0.15, -0.1) is 0 Å². The Bertz CT molecular complexity index is 175. The first-order chi connectivity index (χ1) is 6.25. The second kappa shape index (κ2) is 5.83. The highest BCUT2D eigenvalue weighted by molar-refractivity contribution is 8.22. The van der Waals surface area contributed by atoms with Crippen LogP contribution in [0.25, 0.3) is 0 Å². The molecule has 0 N–H and O–H groups in total. The maximum atomic E-state index is 5.42. The number of rotatable bonds is 3. The average Bonchev–Trinajstić information content (AvgIpc) is 2.52. The fourth-order valence-corrected chi connectivity index (χ4v) is 2.72. The average molecular weight is 219 g/mol. The van der Waals surface area contributed by atoms with Crippen LogP contribution in [-0.2, 0) is 4.74 Å². The number of ether oxygens (including phenoxy) is 1. The Kier molecular flexibility index (Phi) is 5.06. The van der Waals surface area contributed by atoms with Gasteiger partial charge in [-0.05, 0) is 13.3 Å². The molecule has 1 aliphatic rings. The lowest BCUT2D eigenvalue weighted by molar-refractivity contribution is 0.0819. The molecule has 1 rings (SSSR count). The quantitative estimate of drug-likeness (QED) is 0.534. The number of nitrogens with zero attached hydrogens (tertiary/aromatic N) is 1. The van der Waals surface area contributed by atoms with Crippen LogP contribution in [0.2, 0.25) is 0 Å². The molecule has 2 nitrogen and oxygen atoms in total. The van der Waals surface area contributed by atoms with E-state index in [1.165, 1.54) is 12.8 Å². The molecular formula is C9H17NOS2. The van der Waals surface area contributed by atoms with Crippen molar-refractivity contribution in [1.82, 2.24) is 4.90 Å². The van der Waals surface area contributed by atoms with Crippen LogP contribution < -0.4 is 0 Å². The van der Waals surface area contributed by atoms with Crippen LogP contribution >= 0.6 is 24.0 Å². The van der Waals surface area contributed by atoms with Crippen molar-refractivity contribution >= 4 is 28.3 Å². The second-order valence-electron chi connectivity index (χ2n) is 3.13. The van der Waals surface area contributed by atoms with Crippen LogP contribution in [0.5, 0.6) is 0 Å². The van der Waals surface area contributed by atoms with Gasteiger partial charge in [0, 0.05) is 12.3 Å². The zero-order valence-electron chi connectivity index (χ0n) is 8.28. The van der Waals surface area contributed by atoms with Crippen LogP contribution in [-0.4, -0.2) is 34.4 Å². The molecule has 1 atom stereocenters. The molecule has 4 heteroatoms. The van der Waals surface area contributed by atoms with Crippen molar-refractivity contribution in [1.29, 1.82) is 0 Å². The number of unbranched alkanes of at least 4 members (excludes halogenated alkanes) is 1. The zero-order valence-corrected chi connectivity index (χ0v) is 9.92. The topological polar surface area (TPSA) is 12.5 Å². The Morgan fingerprint density at radius 2 is 2.46 bits per heavy atom. The third-order valence-corrected chi connectivity index (χ3v) is 3.65. The molecule has 1 fully saturated rings.